The monoisotopic (exact) mass is 419 g/mol. The van der Waals surface area contributed by atoms with Crippen molar-refractivity contribution in [3.05, 3.63) is 71.1 Å². The summed E-state index contributed by atoms with van der Waals surface area (Å²) in [5.74, 6) is 1.77. The van der Waals surface area contributed by atoms with Gasteiger partial charge in [0.2, 0.25) is 5.82 Å². The topological polar surface area (TPSA) is 100 Å². The second kappa shape index (κ2) is 8.28. The molecule has 2 amide bonds. The van der Waals surface area contributed by atoms with Gasteiger partial charge in [-0.3, -0.25) is 14.7 Å². The van der Waals surface area contributed by atoms with Gasteiger partial charge in [-0.1, -0.05) is 24.1 Å². The number of carbonyl (C=O) groups excluding carboxylic acids is 2. The molecule has 1 unspecified atom stereocenters. The molecule has 0 bridgehead atoms. The highest BCUT2D eigenvalue weighted by atomic mass is 19.1. The molecular weight excluding hydrogens is 401 g/mol. The van der Waals surface area contributed by atoms with Crippen LogP contribution in [0.4, 0.5) is 10.1 Å². The maximum Gasteiger partial charge on any atom is 0.291 e. The largest absolute Gasteiger partial charge is 0.489 e. The first-order valence-electron chi connectivity index (χ1n) is 9.43. The molecule has 4 rings (SSSR count). The molecule has 31 heavy (non-hydrogen) atoms. The van der Waals surface area contributed by atoms with Crippen LogP contribution in [-0.4, -0.2) is 46.7 Å². The van der Waals surface area contributed by atoms with Crippen LogP contribution in [0.25, 0.3) is 0 Å². The number of likely N-dealkylation sites (N-methyl/N-ethyl adjacent to an activating group) is 1. The fourth-order valence-electron chi connectivity index (χ4n) is 3.21. The molecule has 2 heterocycles. The van der Waals surface area contributed by atoms with Crippen LogP contribution >= 0.6 is 0 Å². The Morgan fingerprint density at radius 1 is 1.39 bits per heavy atom. The van der Waals surface area contributed by atoms with E-state index in [4.69, 9.17) is 11.2 Å². The minimum atomic E-state index is -0.951. The van der Waals surface area contributed by atoms with Crippen molar-refractivity contribution in [1.82, 2.24) is 20.5 Å². The predicted octanol–water partition coefficient (Wildman–Crippen LogP) is 1.67. The Balaban J connectivity index is 1.47. The third kappa shape index (κ3) is 4.09. The van der Waals surface area contributed by atoms with Crippen LogP contribution in [0.5, 0.6) is 5.75 Å². The molecule has 9 heteroatoms. The second-order valence-electron chi connectivity index (χ2n) is 6.94. The van der Waals surface area contributed by atoms with Crippen molar-refractivity contribution in [2.75, 3.05) is 18.6 Å². The molecule has 1 atom stereocenters. The molecule has 0 saturated carbocycles. The Kier molecular flexibility index (Phi) is 5.37. The van der Waals surface area contributed by atoms with E-state index < -0.39 is 11.9 Å². The molecule has 2 aromatic carbocycles. The van der Waals surface area contributed by atoms with Crippen molar-refractivity contribution in [1.29, 1.82) is 0 Å². The van der Waals surface area contributed by atoms with Crippen molar-refractivity contribution in [2.24, 2.45) is 0 Å². The summed E-state index contributed by atoms with van der Waals surface area (Å²) in [6.07, 6.45) is 5.58. The highest BCUT2D eigenvalue weighted by molar-refractivity contribution is 6.02. The number of terminal acetylenes is 1. The standard InChI is InChI=1S/C22H18FN5O3/c1-3-13-8-9-18-17(10-13)28(2)22(30)16(12-31-18)24-21(29)20-25-19(26-27-20)11-14-6-4-5-7-15(14)23/h1,4-10,16H,11-12H2,2H3,(H,24,29)(H,25,26,27). The highest BCUT2D eigenvalue weighted by Crippen LogP contribution is 2.31. The maximum atomic E-state index is 13.8. The van der Waals surface area contributed by atoms with Gasteiger partial charge in [0.25, 0.3) is 11.8 Å². The molecule has 0 spiro atoms. The van der Waals surface area contributed by atoms with Gasteiger partial charge in [-0.05, 0) is 29.8 Å². The minimum Gasteiger partial charge on any atom is -0.489 e. The number of anilines is 1. The van der Waals surface area contributed by atoms with E-state index in [1.165, 1.54) is 11.0 Å². The molecule has 3 aromatic rings. The second-order valence-corrected chi connectivity index (χ2v) is 6.94. The molecule has 0 aliphatic carbocycles. The molecule has 2 N–H and O–H groups in total. The predicted molar refractivity (Wildman–Crippen MR) is 110 cm³/mol. The van der Waals surface area contributed by atoms with Crippen molar-refractivity contribution in [3.8, 4) is 18.1 Å². The number of hydrogen-bond acceptors (Lipinski definition) is 5. The van der Waals surface area contributed by atoms with Gasteiger partial charge in [-0.15, -0.1) is 11.5 Å². The van der Waals surface area contributed by atoms with Gasteiger partial charge in [0.05, 0.1) is 5.69 Å². The van der Waals surface area contributed by atoms with Crippen LogP contribution in [0.3, 0.4) is 0 Å². The van der Waals surface area contributed by atoms with Crippen LogP contribution in [0.2, 0.25) is 0 Å². The summed E-state index contributed by atoms with van der Waals surface area (Å²) in [5, 5.41) is 9.10. The van der Waals surface area contributed by atoms with E-state index in [1.54, 1.807) is 43.4 Å². The van der Waals surface area contributed by atoms with Gasteiger partial charge in [-0.2, -0.15) is 0 Å². The number of benzene rings is 2. The zero-order chi connectivity index (χ0) is 22.0. The average Bonchev–Trinajstić information content (AvgIpc) is 3.21. The van der Waals surface area contributed by atoms with E-state index in [0.717, 1.165) is 0 Å². The van der Waals surface area contributed by atoms with Crippen molar-refractivity contribution >= 4 is 17.5 Å². The molecule has 0 fully saturated rings. The Morgan fingerprint density at radius 2 is 2.19 bits per heavy atom. The maximum absolute atomic E-state index is 13.8. The number of aromatic nitrogens is 3. The summed E-state index contributed by atoms with van der Waals surface area (Å²) < 4.78 is 19.5. The first-order chi connectivity index (χ1) is 15.0. The normalized spacial score (nSPS) is 15.5. The number of H-pyrrole nitrogens is 1. The number of aromatic amines is 1. The van der Waals surface area contributed by atoms with Gasteiger partial charge in [-0.25, -0.2) is 9.37 Å². The van der Waals surface area contributed by atoms with Gasteiger partial charge in [0.15, 0.2) is 0 Å². The van der Waals surface area contributed by atoms with Gasteiger partial charge in [0, 0.05) is 19.0 Å². The Bertz CT molecular complexity index is 1200. The number of fused-ring (bicyclic) bond motifs is 1. The molecule has 1 aliphatic rings. The van der Waals surface area contributed by atoms with Crippen LogP contribution in [-0.2, 0) is 11.2 Å². The number of halogens is 1. The number of rotatable bonds is 4. The van der Waals surface area contributed by atoms with Crippen LogP contribution < -0.4 is 15.0 Å². The van der Waals surface area contributed by atoms with E-state index in [-0.39, 0.29) is 30.6 Å². The number of amides is 2. The number of ether oxygens (including phenoxy) is 1. The van der Waals surface area contributed by atoms with Crippen LogP contribution in [0.1, 0.15) is 27.6 Å². The zero-order valence-corrected chi connectivity index (χ0v) is 16.6. The number of hydrogen-bond donors (Lipinski definition) is 2. The number of nitrogens with zero attached hydrogens (tertiary/aromatic N) is 3. The molecule has 0 saturated heterocycles. The molecule has 156 valence electrons. The summed E-state index contributed by atoms with van der Waals surface area (Å²) in [7, 11) is 1.58. The van der Waals surface area contributed by atoms with Crippen molar-refractivity contribution in [3.63, 3.8) is 0 Å². The lowest BCUT2D eigenvalue weighted by atomic mass is 10.1. The van der Waals surface area contributed by atoms with E-state index in [9.17, 15) is 14.0 Å². The Morgan fingerprint density at radius 3 is 2.97 bits per heavy atom. The summed E-state index contributed by atoms with van der Waals surface area (Å²) >= 11 is 0. The number of nitrogens with one attached hydrogen (secondary N) is 2. The summed E-state index contributed by atoms with van der Waals surface area (Å²) in [4.78, 5) is 30.9. The zero-order valence-electron chi connectivity index (χ0n) is 16.6. The van der Waals surface area contributed by atoms with Gasteiger partial charge in [0.1, 0.15) is 30.0 Å². The van der Waals surface area contributed by atoms with Crippen LogP contribution in [0, 0.1) is 18.2 Å². The first-order valence-corrected chi connectivity index (χ1v) is 9.43. The van der Waals surface area contributed by atoms with E-state index in [2.05, 4.69) is 26.4 Å². The lowest BCUT2D eigenvalue weighted by molar-refractivity contribution is -0.120. The minimum absolute atomic E-state index is 0.0657. The smallest absolute Gasteiger partial charge is 0.291 e. The van der Waals surface area contributed by atoms with Crippen molar-refractivity contribution < 1.29 is 18.7 Å². The fourth-order valence-corrected chi connectivity index (χ4v) is 3.21. The first kappa shape index (κ1) is 20.1. The molecule has 8 nitrogen and oxygen atoms in total. The Hall–Kier alpha value is -4.19. The van der Waals surface area contributed by atoms with Crippen molar-refractivity contribution in [2.45, 2.75) is 12.5 Å². The van der Waals surface area contributed by atoms with E-state index in [1.807, 2.05) is 0 Å². The van der Waals surface area contributed by atoms with Gasteiger partial charge < -0.3 is 15.0 Å². The summed E-state index contributed by atoms with van der Waals surface area (Å²) in [6.45, 7) is -0.0657. The third-order valence-electron chi connectivity index (χ3n) is 4.88. The summed E-state index contributed by atoms with van der Waals surface area (Å²) in [5.41, 5.74) is 1.54. The quantitative estimate of drug-likeness (QED) is 0.627. The average molecular weight is 419 g/mol. The SMILES string of the molecule is C#Cc1ccc2c(c1)N(C)C(=O)C(NC(=O)c1n[nH]c(Cc3ccccc3F)n1)CO2. The Labute approximate surface area is 177 Å². The lowest BCUT2D eigenvalue weighted by Gasteiger charge is -2.20. The number of carbonyl (C=O) groups is 2. The molecule has 0 radical (unpaired) electrons. The molecule has 1 aliphatic heterocycles. The lowest BCUT2D eigenvalue weighted by Crippen LogP contribution is -2.49. The highest BCUT2D eigenvalue weighted by Gasteiger charge is 2.31. The van der Waals surface area contributed by atoms with Gasteiger partial charge >= 0.3 is 0 Å². The molecular formula is C22H18FN5O3. The van der Waals surface area contributed by atoms with Crippen LogP contribution in [0.15, 0.2) is 42.5 Å². The van der Waals surface area contributed by atoms with E-state index in [0.29, 0.717) is 28.4 Å². The molecule has 1 aromatic heterocycles. The third-order valence-corrected chi connectivity index (χ3v) is 4.88. The van der Waals surface area contributed by atoms with E-state index >= 15 is 0 Å². The summed E-state index contributed by atoms with van der Waals surface area (Å²) in [6, 6.07) is 10.4. The fraction of sp³-hybridized carbons (Fsp3) is 0.182.